The van der Waals surface area contributed by atoms with Gasteiger partial charge in [-0.3, -0.25) is 9.69 Å². The number of sulfone groups is 1. The summed E-state index contributed by atoms with van der Waals surface area (Å²) in [6.07, 6.45) is 6.48. The van der Waals surface area contributed by atoms with Crippen molar-refractivity contribution in [1.29, 1.82) is 5.26 Å². The Morgan fingerprint density at radius 1 is 1.08 bits per heavy atom. The topological polar surface area (TPSA) is 81.5 Å². The van der Waals surface area contributed by atoms with Gasteiger partial charge in [-0.25, -0.2) is 8.42 Å². The fraction of sp³-hybridized carbons (Fsp3) is 0.882. The summed E-state index contributed by atoms with van der Waals surface area (Å²) in [5.74, 6) is 0.537. The summed E-state index contributed by atoms with van der Waals surface area (Å²) in [7, 11) is -2.99. The number of nitrogens with zero attached hydrogens (tertiary/aromatic N) is 3. The van der Waals surface area contributed by atoms with Gasteiger partial charge in [0.2, 0.25) is 5.91 Å². The molecule has 0 spiro atoms. The lowest BCUT2D eigenvalue weighted by Gasteiger charge is -2.37. The number of nitriles is 1. The number of likely N-dealkylation sites (tertiary alicyclic amines) is 1. The van der Waals surface area contributed by atoms with Crippen LogP contribution in [0.4, 0.5) is 0 Å². The molecule has 1 amide bonds. The highest BCUT2D eigenvalue weighted by atomic mass is 32.2. The molecular weight excluding hydrogens is 326 g/mol. The van der Waals surface area contributed by atoms with Crippen LogP contribution in [0.2, 0.25) is 0 Å². The fourth-order valence-electron chi connectivity index (χ4n) is 4.38. The Balaban J connectivity index is 1.64. The van der Waals surface area contributed by atoms with Crippen molar-refractivity contribution in [2.45, 2.75) is 57.0 Å². The zero-order valence-electron chi connectivity index (χ0n) is 14.2. The number of piperidine rings is 1. The van der Waals surface area contributed by atoms with Gasteiger partial charge in [0.25, 0.3) is 0 Å². The molecule has 0 aromatic rings. The highest BCUT2D eigenvalue weighted by Crippen LogP contribution is 2.29. The van der Waals surface area contributed by atoms with Gasteiger partial charge in [0.15, 0.2) is 9.84 Å². The largest absolute Gasteiger partial charge is 0.335 e. The van der Waals surface area contributed by atoms with E-state index in [-0.39, 0.29) is 35.4 Å². The lowest BCUT2D eigenvalue weighted by molar-refractivity contribution is -0.137. The van der Waals surface area contributed by atoms with E-state index in [2.05, 4.69) is 11.0 Å². The lowest BCUT2D eigenvalue weighted by atomic mass is 9.98. The quantitative estimate of drug-likeness (QED) is 0.758. The van der Waals surface area contributed by atoms with Crippen LogP contribution in [0.25, 0.3) is 0 Å². The molecule has 0 N–H and O–H groups in total. The van der Waals surface area contributed by atoms with Gasteiger partial charge >= 0.3 is 0 Å². The molecule has 1 atom stereocenters. The standard InChI is InChI=1S/C17H27N3O3S/c18-11-14-5-8-19(9-6-14)12-17(21)20(15-3-1-2-4-15)16-7-10-24(22,23)13-16/h14-16H,1-10,12-13H2. The maximum Gasteiger partial charge on any atom is 0.237 e. The van der Waals surface area contributed by atoms with Gasteiger partial charge in [-0.15, -0.1) is 0 Å². The van der Waals surface area contributed by atoms with Crippen LogP contribution in [0.1, 0.15) is 44.9 Å². The van der Waals surface area contributed by atoms with E-state index in [4.69, 9.17) is 5.26 Å². The maximum absolute atomic E-state index is 13.0. The normalized spacial score (nSPS) is 28.7. The van der Waals surface area contributed by atoms with Gasteiger partial charge in [-0.1, -0.05) is 12.8 Å². The summed E-state index contributed by atoms with van der Waals surface area (Å²) in [6.45, 7) is 1.93. The molecule has 2 aliphatic heterocycles. The second kappa shape index (κ2) is 7.40. The highest BCUT2D eigenvalue weighted by molar-refractivity contribution is 7.91. The molecule has 1 aliphatic carbocycles. The van der Waals surface area contributed by atoms with Crippen molar-refractivity contribution in [2.24, 2.45) is 5.92 Å². The highest BCUT2D eigenvalue weighted by Gasteiger charge is 2.39. The Morgan fingerprint density at radius 3 is 2.29 bits per heavy atom. The number of carbonyl (C=O) groups is 1. The molecule has 3 rings (SSSR count). The second-order valence-electron chi connectivity index (χ2n) is 7.48. The van der Waals surface area contributed by atoms with Gasteiger partial charge in [-0.05, 0) is 45.2 Å². The summed E-state index contributed by atoms with van der Waals surface area (Å²) in [6, 6.07) is 2.39. The van der Waals surface area contributed by atoms with E-state index < -0.39 is 9.84 Å². The average molecular weight is 353 g/mol. The Hall–Kier alpha value is -1.13. The van der Waals surface area contributed by atoms with Crippen LogP contribution >= 0.6 is 0 Å². The molecule has 0 aromatic carbocycles. The van der Waals surface area contributed by atoms with Crippen molar-refractivity contribution in [1.82, 2.24) is 9.80 Å². The van der Waals surface area contributed by atoms with Gasteiger partial charge in [0, 0.05) is 18.0 Å². The van der Waals surface area contributed by atoms with E-state index >= 15 is 0 Å². The minimum Gasteiger partial charge on any atom is -0.335 e. The van der Waals surface area contributed by atoms with Gasteiger partial charge in [0.05, 0.1) is 24.1 Å². The molecule has 2 heterocycles. The maximum atomic E-state index is 13.0. The smallest absolute Gasteiger partial charge is 0.237 e. The number of amides is 1. The number of rotatable bonds is 4. The molecule has 24 heavy (non-hydrogen) atoms. The molecule has 3 aliphatic rings. The molecule has 0 radical (unpaired) electrons. The average Bonchev–Trinajstić information content (AvgIpc) is 3.18. The van der Waals surface area contributed by atoms with Crippen LogP contribution in [-0.4, -0.2) is 67.3 Å². The first kappa shape index (κ1) is 17.7. The summed E-state index contributed by atoms with van der Waals surface area (Å²) in [5, 5.41) is 8.98. The third-order valence-corrected chi connectivity index (χ3v) is 7.49. The first-order valence-electron chi connectivity index (χ1n) is 9.12. The van der Waals surface area contributed by atoms with E-state index in [0.29, 0.717) is 13.0 Å². The van der Waals surface area contributed by atoms with E-state index in [9.17, 15) is 13.2 Å². The van der Waals surface area contributed by atoms with Crippen LogP contribution in [-0.2, 0) is 14.6 Å². The predicted octanol–water partition coefficient (Wildman–Crippen LogP) is 1.18. The molecule has 6 nitrogen and oxygen atoms in total. The van der Waals surface area contributed by atoms with Crippen LogP contribution in [0.15, 0.2) is 0 Å². The van der Waals surface area contributed by atoms with Crippen molar-refractivity contribution < 1.29 is 13.2 Å². The van der Waals surface area contributed by atoms with Crippen molar-refractivity contribution in [3.63, 3.8) is 0 Å². The van der Waals surface area contributed by atoms with Crippen LogP contribution in [0.3, 0.4) is 0 Å². The van der Waals surface area contributed by atoms with Crippen LogP contribution in [0.5, 0.6) is 0 Å². The Labute approximate surface area is 144 Å². The first-order chi connectivity index (χ1) is 11.5. The van der Waals surface area contributed by atoms with Gasteiger partial charge in [0.1, 0.15) is 0 Å². The molecule has 7 heteroatoms. The van der Waals surface area contributed by atoms with Crippen molar-refractivity contribution in [3.8, 4) is 6.07 Å². The minimum atomic E-state index is -2.99. The van der Waals surface area contributed by atoms with E-state index in [1.54, 1.807) is 0 Å². The predicted molar refractivity (Wildman–Crippen MR) is 90.9 cm³/mol. The van der Waals surface area contributed by atoms with Crippen molar-refractivity contribution in [2.75, 3.05) is 31.1 Å². The zero-order chi connectivity index (χ0) is 17.2. The first-order valence-corrected chi connectivity index (χ1v) is 10.9. The molecule has 1 saturated carbocycles. The summed E-state index contributed by atoms with van der Waals surface area (Å²) >= 11 is 0. The fourth-order valence-corrected chi connectivity index (χ4v) is 6.09. The molecular formula is C17H27N3O3S. The van der Waals surface area contributed by atoms with Gasteiger partial charge < -0.3 is 4.90 Å². The Morgan fingerprint density at radius 2 is 1.75 bits per heavy atom. The van der Waals surface area contributed by atoms with Crippen molar-refractivity contribution in [3.05, 3.63) is 0 Å². The van der Waals surface area contributed by atoms with Gasteiger partial charge in [-0.2, -0.15) is 5.26 Å². The molecule has 2 saturated heterocycles. The lowest BCUT2D eigenvalue weighted by Crippen LogP contribution is -2.51. The molecule has 0 aromatic heterocycles. The Kier molecular flexibility index (Phi) is 5.46. The number of hydrogen-bond acceptors (Lipinski definition) is 5. The number of carbonyl (C=O) groups excluding carboxylic acids is 1. The molecule has 0 bridgehead atoms. The number of hydrogen-bond donors (Lipinski definition) is 0. The Bertz CT molecular complexity index is 599. The minimum absolute atomic E-state index is 0.0828. The SMILES string of the molecule is N#CC1CCN(CC(=O)N(C2CCCC2)C2CCS(=O)(=O)C2)CC1. The molecule has 1 unspecified atom stereocenters. The van der Waals surface area contributed by atoms with Crippen LogP contribution in [0, 0.1) is 17.2 Å². The third-order valence-electron chi connectivity index (χ3n) is 5.74. The molecule has 3 fully saturated rings. The van der Waals surface area contributed by atoms with Crippen molar-refractivity contribution >= 4 is 15.7 Å². The van der Waals surface area contributed by atoms with E-state index in [1.807, 2.05) is 4.90 Å². The summed E-state index contributed by atoms with van der Waals surface area (Å²) < 4.78 is 23.7. The zero-order valence-corrected chi connectivity index (χ0v) is 15.0. The molecule has 134 valence electrons. The summed E-state index contributed by atoms with van der Waals surface area (Å²) in [5.41, 5.74) is 0. The second-order valence-corrected chi connectivity index (χ2v) is 9.70. The van der Waals surface area contributed by atoms with E-state index in [1.165, 1.54) is 0 Å². The third kappa shape index (κ3) is 4.09. The monoisotopic (exact) mass is 353 g/mol. The van der Waals surface area contributed by atoms with Crippen LogP contribution < -0.4 is 0 Å². The summed E-state index contributed by atoms with van der Waals surface area (Å²) in [4.78, 5) is 17.0. The van der Waals surface area contributed by atoms with E-state index in [0.717, 1.165) is 51.6 Å².